The van der Waals surface area contributed by atoms with Crippen LogP contribution in [0.4, 0.5) is 11.4 Å². The molecule has 1 aliphatic heterocycles. The molecule has 9 aromatic rings. The molecule has 0 aliphatic carbocycles. The summed E-state index contributed by atoms with van der Waals surface area (Å²) in [5.74, 6) is 0. The Hall–Kier alpha value is -7.49. The maximum absolute atomic E-state index is 5.19. The molecule has 0 unspecified atom stereocenters. The number of hydrogen-bond donors (Lipinski definition) is 0. The van der Waals surface area contributed by atoms with Crippen LogP contribution in [0.5, 0.6) is 0 Å². The van der Waals surface area contributed by atoms with Crippen LogP contribution in [-0.4, -0.2) is 16.1 Å². The third-order valence-corrected chi connectivity index (χ3v) is 10.9. The molecule has 7 aromatic carbocycles. The summed E-state index contributed by atoms with van der Waals surface area (Å²) in [7, 11) is 0. The standard InChI is InChI=1S/C54H39N3/c1-38-17-6-5-15-32-56(46-36-50(40-20-9-3-10-21-40)55-51(37-46)41-22-11-4-12-23-41)54-35-44(28-30-47(38)54)43-29-31-53-49(34-43)48-26-13-14-27-52(48)57(53)45-25-16-24-42(33-45)39-18-7-2-8-19-39/h2-31,33-37H,1,32H2/b15-5-,17-6-. The van der Waals surface area contributed by atoms with Gasteiger partial charge in [0.25, 0.3) is 0 Å². The van der Waals surface area contributed by atoms with Crippen LogP contribution in [0.1, 0.15) is 5.56 Å². The summed E-state index contributed by atoms with van der Waals surface area (Å²) in [5, 5.41) is 2.45. The van der Waals surface area contributed by atoms with Crippen molar-refractivity contribution in [1.29, 1.82) is 0 Å². The fourth-order valence-corrected chi connectivity index (χ4v) is 8.13. The molecule has 0 saturated carbocycles. The highest BCUT2D eigenvalue weighted by Gasteiger charge is 2.20. The van der Waals surface area contributed by atoms with E-state index in [0.29, 0.717) is 6.54 Å². The number of allylic oxidation sites excluding steroid dienone is 4. The quantitative estimate of drug-likeness (QED) is 0.170. The van der Waals surface area contributed by atoms with Crippen molar-refractivity contribution in [2.24, 2.45) is 0 Å². The average Bonchev–Trinajstić information content (AvgIpc) is 3.65. The normalized spacial score (nSPS) is 13.8. The van der Waals surface area contributed by atoms with E-state index in [2.05, 4.69) is 216 Å². The second-order valence-electron chi connectivity index (χ2n) is 14.5. The van der Waals surface area contributed by atoms with Gasteiger partial charge in [0.15, 0.2) is 0 Å². The first-order valence-corrected chi connectivity index (χ1v) is 19.4. The van der Waals surface area contributed by atoms with Crippen molar-refractivity contribution in [2.75, 3.05) is 11.4 Å². The van der Waals surface area contributed by atoms with Crippen LogP contribution in [0.15, 0.2) is 219 Å². The van der Waals surface area contributed by atoms with Gasteiger partial charge in [-0.05, 0) is 76.4 Å². The minimum absolute atomic E-state index is 0.676. The molecule has 270 valence electrons. The highest BCUT2D eigenvalue weighted by molar-refractivity contribution is 6.10. The van der Waals surface area contributed by atoms with Crippen LogP contribution in [0.2, 0.25) is 0 Å². The molecule has 0 N–H and O–H groups in total. The highest BCUT2D eigenvalue weighted by Crippen LogP contribution is 2.41. The van der Waals surface area contributed by atoms with Crippen LogP contribution < -0.4 is 4.90 Å². The largest absolute Gasteiger partial charge is 0.337 e. The number of pyridine rings is 1. The number of anilines is 2. The van der Waals surface area contributed by atoms with Gasteiger partial charge in [0.2, 0.25) is 0 Å². The molecule has 2 aromatic heterocycles. The molecule has 57 heavy (non-hydrogen) atoms. The number of benzene rings is 7. The van der Waals surface area contributed by atoms with Gasteiger partial charge in [-0.3, -0.25) is 0 Å². The number of hydrogen-bond acceptors (Lipinski definition) is 2. The van der Waals surface area contributed by atoms with Crippen molar-refractivity contribution >= 4 is 38.8 Å². The second kappa shape index (κ2) is 14.6. The van der Waals surface area contributed by atoms with E-state index < -0.39 is 0 Å². The third kappa shape index (κ3) is 6.45. The predicted octanol–water partition coefficient (Wildman–Crippen LogP) is 14.1. The van der Waals surface area contributed by atoms with Crippen LogP contribution >= 0.6 is 0 Å². The summed E-state index contributed by atoms with van der Waals surface area (Å²) in [6.45, 7) is 5.20. The van der Waals surface area contributed by atoms with E-state index in [4.69, 9.17) is 4.98 Å². The van der Waals surface area contributed by atoms with Crippen molar-refractivity contribution < 1.29 is 0 Å². The van der Waals surface area contributed by atoms with E-state index in [-0.39, 0.29) is 0 Å². The average molecular weight is 730 g/mol. The zero-order valence-corrected chi connectivity index (χ0v) is 31.5. The van der Waals surface area contributed by atoms with Gasteiger partial charge < -0.3 is 9.47 Å². The van der Waals surface area contributed by atoms with Gasteiger partial charge in [-0.2, -0.15) is 0 Å². The van der Waals surface area contributed by atoms with E-state index in [1.807, 2.05) is 12.1 Å². The molecular formula is C54H39N3. The van der Waals surface area contributed by atoms with E-state index in [0.717, 1.165) is 61.8 Å². The van der Waals surface area contributed by atoms with Gasteiger partial charge >= 0.3 is 0 Å². The number of fused-ring (bicyclic) bond motifs is 4. The summed E-state index contributed by atoms with van der Waals surface area (Å²) >= 11 is 0. The van der Waals surface area contributed by atoms with Crippen molar-refractivity contribution in [3.63, 3.8) is 0 Å². The van der Waals surface area contributed by atoms with Gasteiger partial charge in [0.1, 0.15) is 0 Å². The number of nitrogens with zero attached hydrogens (tertiary/aromatic N) is 3. The first-order chi connectivity index (χ1) is 28.2. The molecule has 0 atom stereocenters. The van der Waals surface area contributed by atoms with Gasteiger partial charge in [-0.25, -0.2) is 4.98 Å². The summed E-state index contributed by atoms with van der Waals surface area (Å²) < 4.78 is 2.40. The Balaban J connectivity index is 1.13. The smallest absolute Gasteiger partial charge is 0.0730 e. The fraction of sp³-hybridized carbons (Fsp3) is 0.0185. The topological polar surface area (TPSA) is 21.1 Å². The lowest BCUT2D eigenvalue weighted by Crippen LogP contribution is -2.19. The fourth-order valence-electron chi connectivity index (χ4n) is 8.13. The van der Waals surface area contributed by atoms with Crippen molar-refractivity contribution in [1.82, 2.24) is 9.55 Å². The van der Waals surface area contributed by atoms with Crippen molar-refractivity contribution in [3.8, 4) is 50.5 Å². The maximum atomic E-state index is 5.19. The van der Waals surface area contributed by atoms with Gasteiger partial charge in [0, 0.05) is 51.1 Å². The van der Waals surface area contributed by atoms with Crippen LogP contribution in [-0.2, 0) is 0 Å². The summed E-state index contributed by atoms with van der Waals surface area (Å²) in [6, 6.07) is 67.2. The zero-order valence-electron chi connectivity index (χ0n) is 31.5. The summed E-state index contributed by atoms with van der Waals surface area (Å²) in [5.41, 5.74) is 16.5. The molecule has 0 amide bonds. The molecule has 0 spiro atoms. The number of rotatable bonds is 6. The van der Waals surface area contributed by atoms with E-state index in [1.54, 1.807) is 0 Å². The molecule has 0 saturated heterocycles. The Morgan fingerprint density at radius 2 is 1.04 bits per heavy atom. The van der Waals surface area contributed by atoms with Gasteiger partial charge in [-0.1, -0.05) is 170 Å². The van der Waals surface area contributed by atoms with Gasteiger partial charge in [0.05, 0.1) is 22.4 Å². The lowest BCUT2D eigenvalue weighted by atomic mass is 9.96. The Morgan fingerprint density at radius 3 is 1.77 bits per heavy atom. The van der Waals surface area contributed by atoms with Crippen molar-refractivity contribution in [2.45, 2.75) is 0 Å². The van der Waals surface area contributed by atoms with E-state index in [9.17, 15) is 0 Å². The lowest BCUT2D eigenvalue weighted by molar-refractivity contribution is 1.09. The van der Waals surface area contributed by atoms with Crippen LogP contribution in [0, 0.1) is 0 Å². The van der Waals surface area contributed by atoms with Crippen LogP contribution in [0.25, 0.3) is 77.8 Å². The summed E-state index contributed by atoms with van der Waals surface area (Å²) in [6.07, 6.45) is 8.51. The minimum Gasteiger partial charge on any atom is -0.337 e. The third-order valence-electron chi connectivity index (χ3n) is 10.9. The SMILES string of the molecule is C=C1/C=C\C=C/CN(c2cc(-c3ccccc3)nc(-c3ccccc3)c2)c2cc(-c3ccc4c(c3)c3ccccc3n4-c3cccc(-c4ccccc4)c3)ccc21. The first-order valence-electron chi connectivity index (χ1n) is 19.4. The molecule has 3 heteroatoms. The summed E-state index contributed by atoms with van der Waals surface area (Å²) in [4.78, 5) is 7.59. The first kappa shape index (κ1) is 34.0. The van der Waals surface area contributed by atoms with E-state index in [1.165, 1.54) is 32.9 Å². The number of para-hydroxylation sites is 1. The Morgan fingerprint density at radius 1 is 0.439 bits per heavy atom. The molecule has 0 bridgehead atoms. The molecule has 3 heterocycles. The Bertz CT molecular complexity index is 2930. The minimum atomic E-state index is 0.676. The Labute approximate surface area is 333 Å². The zero-order chi connectivity index (χ0) is 38.1. The highest BCUT2D eigenvalue weighted by atomic mass is 15.1. The molecule has 10 rings (SSSR count). The Kier molecular flexibility index (Phi) is 8.74. The monoisotopic (exact) mass is 729 g/mol. The maximum Gasteiger partial charge on any atom is 0.0730 e. The molecule has 0 fully saturated rings. The molecule has 0 radical (unpaired) electrons. The lowest BCUT2D eigenvalue weighted by Gasteiger charge is -2.28. The van der Waals surface area contributed by atoms with Crippen LogP contribution in [0.3, 0.4) is 0 Å². The van der Waals surface area contributed by atoms with Gasteiger partial charge in [-0.15, -0.1) is 0 Å². The number of aromatic nitrogens is 2. The second-order valence-corrected chi connectivity index (χ2v) is 14.5. The predicted molar refractivity (Wildman–Crippen MR) is 241 cm³/mol. The molecule has 3 nitrogen and oxygen atoms in total. The molecule has 1 aliphatic rings. The molecular weight excluding hydrogens is 691 g/mol. The van der Waals surface area contributed by atoms with E-state index >= 15 is 0 Å². The van der Waals surface area contributed by atoms with Crippen molar-refractivity contribution in [3.05, 3.63) is 225 Å².